The van der Waals surface area contributed by atoms with Gasteiger partial charge in [-0.05, 0) is 38.8 Å². The van der Waals surface area contributed by atoms with E-state index in [1.54, 1.807) is 0 Å². The quantitative estimate of drug-likeness (QED) is 0.761. The van der Waals surface area contributed by atoms with E-state index in [0.717, 1.165) is 31.0 Å². The van der Waals surface area contributed by atoms with E-state index in [2.05, 4.69) is 5.32 Å². The van der Waals surface area contributed by atoms with Crippen molar-refractivity contribution in [2.24, 2.45) is 0 Å². The van der Waals surface area contributed by atoms with E-state index in [4.69, 9.17) is 13.9 Å². The monoisotopic (exact) mass is 283 g/mol. The number of aliphatic hydroxyl groups is 1. The highest BCUT2D eigenvalue weighted by Gasteiger charge is 2.16. The lowest BCUT2D eigenvalue weighted by Crippen LogP contribution is -2.32. The fourth-order valence-corrected chi connectivity index (χ4v) is 2.27. The van der Waals surface area contributed by atoms with Gasteiger partial charge in [0.2, 0.25) is 0 Å². The van der Waals surface area contributed by atoms with Crippen LogP contribution in [0.1, 0.15) is 37.3 Å². The Hall–Kier alpha value is -0.880. The molecule has 1 aromatic rings. The fourth-order valence-electron chi connectivity index (χ4n) is 2.27. The topological polar surface area (TPSA) is 63.9 Å². The van der Waals surface area contributed by atoms with Gasteiger partial charge in [0.1, 0.15) is 11.5 Å². The number of ether oxygens (including phenoxy) is 2. The zero-order chi connectivity index (χ0) is 14.4. The van der Waals surface area contributed by atoms with Crippen LogP contribution in [0.15, 0.2) is 16.5 Å². The van der Waals surface area contributed by atoms with E-state index in [1.165, 1.54) is 0 Å². The predicted molar refractivity (Wildman–Crippen MR) is 75.7 cm³/mol. The second-order valence-corrected chi connectivity index (χ2v) is 5.40. The first-order chi connectivity index (χ1) is 9.65. The lowest BCUT2D eigenvalue weighted by atomic mass is 10.2. The molecule has 0 aromatic carbocycles. The molecule has 114 valence electrons. The molecule has 2 heterocycles. The Balaban J connectivity index is 1.58. The van der Waals surface area contributed by atoms with Crippen LogP contribution in [0.25, 0.3) is 0 Å². The number of hydrogen-bond donors (Lipinski definition) is 2. The molecule has 5 heteroatoms. The number of nitrogens with one attached hydrogen (secondary N) is 1. The van der Waals surface area contributed by atoms with Crippen LogP contribution in [0.3, 0.4) is 0 Å². The Bertz CT molecular complexity index is 387. The molecule has 1 aliphatic rings. The van der Waals surface area contributed by atoms with Crippen molar-refractivity contribution in [1.29, 1.82) is 0 Å². The average molecular weight is 283 g/mol. The zero-order valence-corrected chi connectivity index (χ0v) is 12.3. The third kappa shape index (κ3) is 4.90. The van der Waals surface area contributed by atoms with Gasteiger partial charge in [-0.25, -0.2) is 0 Å². The first-order valence-electron chi connectivity index (χ1n) is 7.32. The first-order valence-corrected chi connectivity index (χ1v) is 7.32. The third-order valence-electron chi connectivity index (χ3n) is 3.49. The molecule has 1 aromatic heterocycles. The summed E-state index contributed by atoms with van der Waals surface area (Å²) in [5.41, 5.74) is 0. The first kappa shape index (κ1) is 15.5. The maximum absolute atomic E-state index is 9.87. The Morgan fingerprint density at radius 1 is 1.50 bits per heavy atom. The van der Waals surface area contributed by atoms with Crippen molar-refractivity contribution in [3.63, 3.8) is 0 Å². The molecule has 0 aliphatic carbocycles. The number of aliphatic hydroxyl groups excluding tert-OH is 1. The fraction of sp³-hybridized carbons (Fsp3) is 0.733. The lowest BCUT2D eigenvalue weighted by Gasteiger charge is -2.17. The van der Waals surface area contributed by atoms with E-state index in [-0.39, 0.29) is 12.1 Å². The molecule has 5 nitrogen and oxygen atoms in total. The van der Waals surface area contributed by atoms with Crippen molar-refractivity contribution in [3.05, 3.63) is 23.7 Å². The highest BCUT2D eigenvalue weighted by molar-refractivity contribution is 5.08. The van der Waals surface area contributed by atoms with Crippen LogP contribution < -0.4 is 5.32 Å². The third-order valence-corrected chi connectivity index (χ3v) is 3.49. The summed E-state index contributed by atoms with van der Waals surface area (Å²) in [6.45, 7) is 6.15. The van der Waals surface area contributed by atoms with Crippen LogP contribution in [0, 0.1) is 6.92 Å². The van der Waals surface area contributed by atoms with Crippen molar-refractivity contribution in [2.75, 3.05) is 26.4 Å². The van der Waals surface area contributed by atoms with Crippen LogP contribution >= 0.6 is 0 Å². The van der Waals surface area contributed by atoms with E-state index >= 15 is 0 Å². The van der Waals surface area contributed by atoms with Gasteiger partial charge in [-0.15, -0.1) is 0 Å². The standard InChI is InChI=1S/C15H25NO4/c1-11-5-6-15(20-11)12(2)16-8-13(17)9-18-10-14-4-3-7-19-14/h5-6,12-14,16-17H,3-4,7-10H2,1-2H3. The lowest BCUT2D eigenvalue weighted by molar-refractivity contribution is -0.0169. The van der Waals surface area contributed by atoms with Gasteiger partial charge in [-0.3, -0.25) is 0 Å². The molecule has 1 fully saturated rings. The van der Waals surface area contributed by atoms with Gasteiger partial charge in [0.25, 0.3) is 0 Å². The summed E-state index contributed by atoms with van der Waals surface area (Å²) in [5.74, 6) is 1.78. The van der Waals surface area contributed by atoms with Gasteiger partial charge in [-0.1, -0.05) is 0 Å². The van der Waals surface area contributed by atoms with Crippen LogP contribution in [0.2, 0.25) is 0 Å². The van der Waals surface area contributed by atoms with Crippen molar-refractivity contribution < 1.29 is 19.0 Å². The molecule has 20 heavy (non-hydrogen) atoms. The Morgan fingerprint density at radius 3 is 3.00 bits per heavy atom. The van der Waals surface area contributed by atoms with Gasteiger partial charge in [-0.2, -0.15) is 0 Å². The maximum atomic E-state index is 9.87. The van der Waals surface area contributed by atoms with Gasteiger partial charge >= 0.3 is 0 Å². The van der Waals surface area contributed by atoms with E-state index < -0.39 is 6.10 Å². The summed E-state index contributed by atoms with van der Waals surface area (Å²) in [6.07, 6.45) is 1.86. The van der Waals surface area contributed by atoms with Crippen molar-refractivity contribution in [1.82, 2.24) is 5.32 Å². The van der Waals surface area contributed by atoms with Crippen LogP contribution in [-0.2, 0) is 9.47 Å². The summed E-state index contributed by atoms with van der Waals surface area (Å²) in [7, 11) is 0. The van der Waals surface area contributed by atoms with Gasteiger partial charge in [0, 0.05) is 13.2 Å². The summed E-state index contributed by atoms with van der Waals surface area (Å²) >= 11 is 0. The summed E-state index contributed by atoms with van der Waals surface area (Å²) in [4.78, 5) is 0. The largest absolute Gasteiger partial charge is 0.465 e. The predicted octanol–water partition coefficient (Wildman–Crippen LogP) is 1.80. The number of hydrogen-bond acceptors (Lipinski definition) is 5. The SMILES string of the molecule is Cc1ccc(C(C)NCC(O)COCC2CCCO2)o1. The molecule has 0 saturated carbocycles. The van der Waals surface area contributed by atoms with Crippen LogP contribution in [0.5, 0.6) is 0 Å². The Morgan fingerprint density at radius 2 is 2.35 bits per heavy atom. The minimum absolute atomic E-state index is 0.0801. The normalized spacial score (nSPS) is 22.1. The molecule has 0 spiro atoms. The van der Waals surface area contributed by atoms with Gasteiger partial charge in [0.15, 0.2) is 0 Å². The molecule has 0 bridgehead atoms. The zero-order valence-electron chi connectivity index (χ0n) is 12.3. The van der Waals surface area contributed by atoms with E-state index in [1.807, 2.05) is 26.0 Å². The molecule has 3 unspecified atom stereocenters. The van der Waals surface area contributed by atoms with Crippen molar-refractivity contribution >= 4 is 0 Å². The minimum atomic E-state index is -0.519. The molecule has 2 N–H and O–H groups in total. The van der Waals surface area contributed by atoms with E-state index in [0.29, 0.717) is 19.8 Å². The number of aryl methyl sites for hydroxylation is 1. The van der Waals surface area contributed by atoms with E-state index in [9.17, 15) is 5.11 Å². The molecule has 3 atom stereocenters. The van der Waals surface area contributed by atoms with Gasteiger partial charge in [0.05, 0.1) is 31.5 Å². The van der Waals surface area contributed by atoms with Crippen molar-refractivity contribution in [3.8, 4) is 0 Å². The summed E-state index contributed by atoms with van der Waals surface area (Å²) in [5, 5.41) is 13.1. The smallest absolute Gasteiger partial charge is 0.120 e. The van der Waals surface area contributed by atoms with Crippen molar-refractivity contribution in [2.45, 2.75) is 44.9 Å². The summed E-state index contributed by atoms with van der Waals surface area (Å²) in [6, 6.07) is 3.97. The number of rotatable bonds is 8. The highest BCUT2D eigenvalue weighted by atomic mass is 16.5. The van der Waals surface area contributed by atoms with Gasteiger partial charge < -0.3 is 24.3 Å². The van der Waals surface area contributed by atoms with Crippen LogP contribution in [0.4, 0.5) is 0 Å². The molecule has 0 radical (unpaired) electrons. The second kappa shape index (κ2) is 7.78. The summed E-state index contributed by atoms with van der Waals surface area (Å²) < 4.78 is 16.5. The average Bonchev–Trinajstić information content (AvgIpc) is 3.07. The molecular weight excluding hydrogens is 258 g/mol. The van der Waals surface area contributed by atoms with Crippen LogP contribution in [-0.4, -0.2) is 43.7 Å². The Kier molecular flexibility index (Phi) is 6.04. The molecular formula is C15H25NO4. The molecule has 1 aliphatic heterocycles. The minimum Gasteiger partial charge on any atom is -0.465 e. The Labute approximate surface area is 120 Å². The molecule has 2 rings (SSSR count). The second-order valence-electron chi connectivity index (χ2n) is 5.40. The highest BCUT2D eigenvalue weighted by Crippen LogP contribution is 2.15. The molecule has 1 saturated heterocycles. The molecule has 0 amide bonds. The maximum Gasteiger partial charge on any atom is 0.120 e. The number of furan rings is 1.